The Morgan fingerprint density at radius 1 is 1.21 bits per heavy atom. The molecule has 0 radical (unpaired) electrons. The summed E-state index contributed by atoms with van der Waals surface area (Å²) in [6, 6.07) is 7.31. The molecule has 2 aromatic rings. The maximum Gasteiger partial charge on any atom is 0.260 e. The first-order valence-corrected chi connectivity index (χ1v) is 8.37. The quantitative estimate of drug-likeness (QED) is 0.880. The van der Waals surface area contributed by atoms with Crippen LogP contribution in [0.15, 0.2) is 29.1 Å². The molecule has 1 unspecified atom stereocenters. The first-order valence-electron chi connectivity index (χ1n) is 8.37. The summed E-state index contributed by atoms with van der Waals surface area (Å²) in [5, 5.41) is 0.591. The van der Waals surface area contributed by atoms with Crippen molar-refractivity contribution in [3.05, 3.63) is 34.6 Å². The van der Waals surface area contributed by atoms with Crippen LogP contribution in [0, 0.1) is 0 Å². The van der Waals surface area contributed by atoms with Crippen LogP contribution in [0.2, 0.25) is 0 Å². The van der Waals surface area contributed by atoms with Crippen LogP contribution in [-0.4, -0.2) is 59.7 Å². The number of hydrogen-bond donors (Lipinski definition) is 1. The van der Waals surface area contributed by atoms with E-state index in [4.69, 9.17) is 4.74 Å². The Bertz CT molecular complexity index is 805. The van der Waals surface area contributed by atoms with Crippen LogP contribution in [0.3, 0.4) is 0 Å². The normalized spacial score (nSPS) is 21.4. The number of carbonyl (C=O) groups is 1. The molecule has 1 atom stereocenters. The third kappa shape index (κ3) is 2.75. The maximum absolute atomic E-state index is 12.4. The van der Waals surface area contributed by atoms with Gasteiger partial charge in [0.05, 0.1) is 10.9 Å². The highest BCUT2D eigenvalue weighted by Crippen LogP contribution is 2.18. The molecule has 2 aliphatic heterocycles. The Morgan fingerprint density at radius 3 is 2.75 bits per heavy atom. The molecule has 7 nitrogen and oxygen atoms in total. The van der Waals surface area contributed by atoms with Gasteiger partial charge in [-0.05, 0) is 25.0 Å². The zero-order valence-electron chi connectivity index (χ0n) is 13.4. The van der Waals surface area contributed by atoms with Gasteiger partial charge in [0, 0.05) is 32.8 Å². The molecule has 0 aliphatic carbocycles. The van der Waals surface area contributed by atoms with E-state index in [0.29, 0.717) is 49.6 Å². The van der Waals surface area contributed by atoms with Crippen molar-refractivity contribution in [1.82, 2.24) is 14.9 Å². The number of ether oxygens (including phenoxy) is 1. The molecular formula is C17H20N4O3. The third-order valence-electron chi connectivity index (χ3n) is 4.70. The molecule has 7 heteroatoms. The van der Waals surface area contributed by atoms with Crippen LogP contribution < -0.4 is 10.5 Å². The number of carbonyl (C=O) groups excluding carboxylic acids is 1. The number of fused-ring (bicyclic) bond motifs is 1. The minimum atomic E-state index is -0.268. The number of rotatable bonds is 2. The second-order valence-corrected chi connectivity index (χ2v) is 6.22. The minimum Gasteiger partial charge on any atom is -0.368 e. The van der Waals surface area contributed by atoms with E-state index in [1.54, 1.807) is 6.07 Å². The number of nitrogens with zero attached hydrogens (tertiary/aromatic N) is 3. The first kappa shape index (κ1) is 15.1. The summed E-state index contributed by atoms with van der Waals surface area (Å²) < 4.78 is 5.48. The fourth-order valence-corrected chi connectivity index (χ4v) is 3.34. The van der Waals surface area contributed by atoms with Gasteiger partial charge in [-0.1, -0.05) is 12.1 Å². The summed E-state index contributed by atoms with van der Waals surface area (Å²) in [7, 11) is 0. The van der Waals surface area contributed by atoms with E-state index in [-0.39, 0.29) is 17.6 Å². The minimum absolute atomic E-state index is 0.0899. The number of nitrogens with one attached hydrogen (secondary N) is 1. The highest BCUT2D eigenvalue weighted by molar-refractivity contribution is 5.81. The van der Waals surface area contributed by atoms with Gasteiger partial charge in [0.1, 0.15) is 6.10 Å². The van der Waals surface area contributed by atoms with Crippen LogP contribution in [0.1, 0.15) is 12.8 Å². The Morgan fingerprint density at radius 2 is 2.00 bits per heavy atom. The molecule has 2 fully saturated rings. The van der Waals surface area contributed by atoms with Crippen LogP contribution in [-0.2, 0) is 9.53 Å². The average molecular weight is 328 g/mol. The lowest BCUT2D eigenvalue weighted by atomic mass is 10.2. The van der Waals surface area contributed by atoms with E-state index in [9.17, 15) is 9.59 Å². The number of hydrogen-bond acceptors (Lipinski definition) is 5. The van der Waals surface area contributed by atoms with Crippen LogP contribution >= 0.6 is 0 Å². The van der Waals surface area contributed by atoms with Crippen LogP contribution in [0.5, 0.6) is 0 Å². The van der Waals surface area contributed by atoms with Gasteiger partial charge in [-0.25, -0.2) is 4.98 Å². The summed E-state index contributed by atoms with van der Waals surface area (Å²) in [5.41, 5.74) is 0.558. The second kappa shape index (κ2) is 6.24. The molecule has 2 aliphatic rings. The van der Waals surface area contributed by atoms with Gasteiger partial charge in [-0.2, -0.15) is 0 Å². The van der Waals surface area contributed by atoms with Crippen molar-refractivity contribution in [2.45, 2.75) is 18.9 Å². The summed E-state index contributed by atoms with van der Waals surface area (Å²) >= 11 is 0. The third-order valence-corrected chi connectivity index (χ3v) is 4.70. The van der Waals surface area contributed by atoms with Gasteiger partial charge in [-0.15, -0.1) is 0 Å². The second-order valence-electron chi connectivity index (χ2n) is 6.22. The molecule has 126 valence electrons. The molecule has 0 bridgehead atoms. The van der Waals surface area contributed by atoms with Crippen molar-refractivity contribution in [1.29, 1.82) is 0 Å². The van der Waals surface area contributed by atoms with Crippen LogP contribution in [0.4, 0.5) is 5.95 Å². The molecule has 2 saturated heterocycles. The topological polar surface area (TPSA) is 78.5 Å². The van der Waals surface area contributed by atoms with Crippen molar-refractivity contribution in [3.63, 3.8) is 0 Å². The van der Waals surface area contributed by atoms with Crippen molar-refractivity contribution in [3.8, 4) is 0 Å². The van der Waals surface area contributed by atoms with E-state index < -0.39 is 0 Å². The standard InChI is InChI=1S/C17H20N4O3/c22-15-12-4-1-2-5-13(12)18-17(19-15)21-9-7-20(8-10-21)16(23)14-6-3-11-24-14/h1-2,4-5,14H,3,6-11H2,(H,18,19,22). The summed E-state index contributed by atoms with van der Waals surface area (Å²) in [6.07, 6.45) is 1.51. The molecule has 1 aromatic heterocycles. The van der Waals surface area contributed by atoms with Gasteiger partial charge >= 0.3 is 0 Å². The lowest BCUT2D eigenvalue weighted by Gasteiger charge is -2.36. The molecule has 1 N–H and O–H groups in total. The smallest absolute Gasteiger partial charge is 0.260 e. The van der Waals surface area contributed by atoms with Crippen molar-refractivity contribution < 1.29 is 9.53 Å². The molecule has 3 heterocycles. The number of aromatic amines is 1. The lowest BCUT2D eigenvalue weighted by molar-refractivity contribution is -0.141. The Labute approximate surface area is 139 Å². The number of benzene rings is 1. The Kier molecular flexibility index (Phi) is 3.93. The van der Waals surface area contributed by atoms with E-state index in [0.717, 1.165) is 12.8 Å². The molecule has 1 amide bonds. The molecule has 0 spiro atoms. The van der Waals surface area contributed by atoms with Gasteiger partial charge in [0.15, 0.2) is 0 Å². The van der Waals surface area contributed by atoms with Gasteiger partial charge in [-0.3, -0.25) is 14.6 Å². The largest absolute Gasteiger partial charge is 0.368 e. The van der Waals surface area contributed by atoms with Crippen molar-refractivity contribution in [2.75, 3.05) is 37.7 Å². The first-order chi connectivity index (χ1) is 11.7. The van der Waals surface area contributed by atoms with E-state index in [2.05, 4.69) is 9.97 Å². The fourth-order valence-electron chi connectivity index (χ4n) is 3.34. The molecule has 24 heavy (non-hydrogen) atoms. The van der Waals surface area contributed by atoms with E-state index >= 15 is 0 Å². The zero-order chi connectivity index (χ0) is 16.5. The highest BCUT2D eigenvalue weighted by Gasteiger charge is 2.30. The summed E-state index contributed by atoms with van der Waals surface area (Å²) in [6.45, 7) is 3.22. The Hall–Kier alpha value is -2.41. The molecule has 0 saturated carbocycles. The lowest BCUT2D eigenvalue weighted by Crippen LogP contribution is -2.52. The van der Waals surface area contributed by atoms with Gasteiger partial charge in [0.2, 0.25) is 5.95 Å². The van der Waals surface area contributed by atoms with Gasteiger partial charge in [0.25, 0.3) is 11.5 Å². The van der Waals surface area contributed by atoms with E-state index in [1.165, 1.54) is 0 Å². The number of para-hydroxylation sites is 1. The fraction of sp³-hybridized carbons (Fsp3) is 0.471. The van der Waals surface area contributed by atoms with Crippen molar-refractivity contribution >= 4 is 22.8 Å². The molecular weight excluding hydrogens is 308 g/mol. The molecule has 1 aromatic carbocycles. The number of piperazine rings is 1. The number of aromatic nitrogens is 2. The predicted octanol–water partition coefficient (Wildman–Crippen LogP) is 0.751. The number of amides is 1. The summed E-state index contributed by atoms with van der Waals surface area (Å²) in [5.74, 6) is 0.662. The zero-order valence-corrected chi connectivity index (χ0v) is 13.4. The van der Waals surface area contributed by atoms with Crippen molar-refractivity contribution in [2.24, 2.45) is 0 Å². The van der Waals surface area contributed by atoms with Gasteiger partial charge < -0.3 is 14.5 Å². The van der Waals surface area contributed by atoms with E-state index in [1.807, 2.05) is 28.0 Å². The number of H-pyrrole nitrogens is 1. The SMILES string of the molecule is O=C(C1CCCO1)N1CCN(c2nc3ccccc3c(=O)[nH]2)CC1. The van der Waals surface area contributed by atoms with Crippen LogP contribution in [0.25, 0.3) is 10.9 Å². The Balaban J connectivity index is 1.48. The monoisotopic (exact) mass is 328 g/mol. The summed E-state index contributed by atoms with van der Waals surface area (Å²) in [4.78, 5) is 35.8. The highest BCUT2D eigenvalue weighted by atomic mass is 16.5. The molecule has 4 rings (SSSR count). The predicted molar refractivity (Wildman–Crippen MR) is 90.1 cm³/mol. The number of anilines is 1. The maximum atomic E-state index is 12.4. The average Bonchev–Trinajstić information content (AvgIpc) is 3.16.